The van der Waals surface area contributed by atoms with Crippen molar-refractivity contribution < 1.29 is 0 Å². The van der Waals surface area contributed by atoms with Crippen molar-refractivity contribution in [3.63, 3.8) is 0 Å². The first-order chi connectivity index (χ1) is 6.59. The molecule has 0 saturated carbocycles. The van der Waals surface area contributed by atoms with Crippen LogP contribution in [0.25, 0.3) is 0 Å². The molecule has 0 spiro atoms. The molecule has 0 radical (unpaired) electrons. The predicted octanol–water partition coefficient (Wildman–Crippen LogP) is 1.97. The quantitative estimate of drug-likeness (QED) is 0.782. The molecular formula is C10H15N3S. The minimum atomic E-state index is 0.296. The van der Waals surface area contributed by atoms with Gasteiger partial charge in [-0.3, -0.25) is 0 Å². The molecule has 0 bridgehead atoms. The van der Waals surface area contributed by atoms with E-state index in [9.17, 15) is 0 Å². The minimum Gasteiger partial charge on any atom is -0.396 e. The largest absolute Gasteiger partial charge is 0.396 e. The zero-order valence-corrected chi connectivity index (χ0v) is 9.27. The third-order valence-electron chi connectivity index (χ3n) is 2.61. The van der Waals surface area contributed by atoms with E-state index < -0.39 is 0 Å². The maximum absolute atomic E-state index is 5.80. The van der Waals surface area contributed by atoms with Crippen molar-refractivity contribution in [2.75, 3.05) is 16.8 Å². The standard InChI is InChI=1S/C10H15N3S/c1-10(2)8(6-14-10)13-9-7(11)4-3-5-12-9/h3-5,8H,6,11H2,1-2H3,(H,12,13). The van der Waals surface area contributed by atoms with Gasteiger partial charge in [0.15, 0.2) is 0 Å². The number of anilines is 2. The van der Waals surface area contributed by atoms with Crippen LogP contribution in [0.3, 0.4) is 0 Å². The Labute approximate surface area is 88.5 Å². The Hall–Kier alpha value is -0.900. The molecule has 1 unspecified atom stereocenters. The molecule has 1 aromatic heterocycles. The molecule has 3 nitrogen and oxygen atoms in total. The molecule has 2 heterocycles. The Morgan fingerprint density at radius 2 is 2.43 bits per heavy atom. The lowest BCUT2D eigenvalue weighted by molar-refractivity contribution is 0.575. The third-order valence-corrected chi connectivity index (χ3v) is 4.14. The first kappa shape index (κ1) is 9.65. The maximum atomic E-state index is 5.80. The van der Waals surface area contributed by atoms with E-state index in [2.05, 4.69) is 24.1 Å². The van der Waals surface area contributed by atoms with Gasteiger partial charge in [0.2, 0.25) is 0 Å². The summed E-state index contributed by atoms with van der Waals surface area (Å²) in [4.78, 5) is 4.22. The number of pyridine rings is 1. The summed E-state index contributed by atoms with van der Waals surface area (Å²) in [5.41, 5.74) is 6.53. The molecular weight excluding hydrogens is 194 g/mol. The normalized spacial score (nSPS) is 24.0. The van der Waals surface area contributed by atoms with E-state index in [1.807, 2.05) is 23.9 Å². The molecule has 2 rings (SSSR count). The lowest BCUT2D eigenvalue weighted by Crippen LogP contribution is -2.50. The molecule has 3 N–H and O–H groups in total. The molecule has 1 saturated heterocycles. The third kappa shape index (κ3) is 1.66. The summed E-state index contributed by atoms with van der Waals surface area (Å²) < 4.78 is 0.296. The van der Waals surface area contributed by atoms with Crippen molar-refractivity contribution in [2.24, 2.45) is 0 Å². The fourth-order valence-corrected chi connectivity index (χ4v) is 2.56. The zero-order chi connectivity index (χ0) is 10.2. The second-order valence-electron chi connectivity index (χ2n) is 4.05. The SMILES string of the molecule is CC1(C)SCC1Nc1ncccc1N. The fourth-order valence-electron chi connectivity index (χ4n) is 1.42. The van der Waals surface area contributed by atoms with Gasteiger partial charge in [0.1, 0.15) is 5.82 Å². The number of aromatic nitrogens is 1. The number of thioether (sulfide) groups is 1. The van der Waals surface area contributed by atoms with Gasteiger partial charge in [-0.15, -0.1) is 0 Å². The van der Waals surface area contributed by atoms with Crippen LogP contribution in [0.15, 0.2) is 18.3 Å². The number of nitrogens with one attached hydrogen (secondary N) is 1. The van der Waals surface area contributed by atoms with Gasteiger partial charge in [0.25, 0.3) is 0 Å². The zero-order valence-electron chi connectivity index (χ0n) is 8.45. The molecule has 0 aromatic carbocycles. The maximum Gasteiger partial charge on any atom is 0.149 e. The van der Waals surface area contributed by atoms with Crippen LogP contribution in [0.4, 0.5) is 11.5 Å². The van der Waals surface area contributed by atoms with E-state index in [0.717, 1.165) is 17.3 Å². The summed E-state index contributed by atoms with van der Waals surface area (Å²) in [6.07, 6.45) is 1.76. The van der Waals surface area contributed by atoms with Gasteiger partial charge in [0, 0.05) is 16.7 Å². The van der Waals surface area contributed by atoms with Gasteiger partial charge in [-0.1, -0.05) is 0 Å². The molecule has 0 amide bonds. The highest BCUT2D eigenvalue weighted by Gasteiger charge is 2.39. The van der Waals surface area contributed by atoms with E-state index in [-0.39, 0.29) is 0 Å². The fraction of sp³-hybridized carbons (Fsp3) is 0.500. The highest BCUT2D eigenvalue weighted by atomic mass is 32.2. The molecule has 76 valence electrons. The summed E-state index contributed by atoms with van der Waals surface area (Å²) in [7, 11) is 0. The summed E-state index contributed by atoms with van der Waals surface area (Å²) in [6, 6.07) is 4.19. The molecule has 14 heavy (non-hydrogen) atoms. The number of rotatable bonds is 2. The predicted molar refractivity (Wildman–Crippen MR) is 62.6 cm³/mol. The van der Waals surface area contributed by atoms with E-state index in [4.69, 9.17) is 5.73 Å². The van der Waals surface area contributed by atoms with Crippen molar-refractivity contribution in [3.8, 4) is 0 Å². The van der Waals surface area contributed by atoms with Gasteiger partial charge in [0.05, 0.1) is 11.7 Å². The van der Waals surface area contributed by atoms with Gasteiger partial charge in [-0.25, -0.2) is 4.98 Å². The number of hydrogen-bond acceptors (Lipinski definition) is 4. The highest BCUT2D eigenvalue weighted by Crippen LogP contribution is 2.41. The van der Waals surface area contributed by atoms with E-state index in [0.29, 0.717) is 10.8 Å². The van der Waals surface area contributed by atoms with Crippen LogP contribution >= 0.6 is 11.8 Å². The molecule has 4 heteroatoms. The molecule has 1 fully saturated rings. The Morgan fingerprint density at radius 1 is 1.64 bits per heavy atom. The van der Waals surface area contributed by atoms with Crippen LogP contribution in [0.5, 0.6) is 0 Å². The number of nitrogen functional groups attached to an aromatic ring is 1. The van der Waals surface area contributed by atoms with Gasteiger partial charge in [-0.05, 0) is 26.0 Å². The molecule has 1 aliphatic rings. The smallest absolute Gasteiger partial charge is 0.149 e. The topological polar surface area (TPSA) is 50.9 Å². The second kappa shape index (κ2) is 3.35. The van der Waals surface area contributed by atoms with Crippen LogP contribution in [0.2, 0.25) is 0 Å². The van der Waals surface area contributed by atoms with Crippen LogP contribution < -0.4 is 11.1 Å². The molecule has 0 aliphatic carbocycles. The van der Waals surface area contributed by atoms with E-state index in [1.54, 1.807) is 6.20 Å². The van der Waals surface area contributed by atoms with Gasteiger partial charge >= 0.3 is 0 Å². The Balaban J connectivity index is 2.08. The average Bonchev–Trinajstić information content (AvgIpc) is 2.15. The Morgan fingerprint density at radius 3 is 2.93 bits per heavy atom. The summed E-state index contributed by atoms with van der Waals surface area (Å²) in [5, 5.41) is 3.38. The molecule has 1 aromatic rings. The van der Waals surface area contributed by atoms with Crippen LogP contribution in [-0.4, -0.2) is 21.5 Å². The molecule has 1 atom stereocenters. The van der Waals surface area contributed by atoms with Gasteiger partial charge in [-0.2, -0.15) is 11.8 Å². The summed E-state index contributed by atoms with van der Waals surface area (Å²) in [6.45, 7) is 4.47. The van der Waals surface area contributed by atoms with E-state index in [1.165, 1.54) is 0 Å². The monoisotopic (exact) mass is 209 g/mol. The number of nitrogens with zero attached hydrogens (tertiary/aromatic N) is 1. The van der Waals surface area contributed by atoms with Crippen LogP contribution in [-0.2, 0) is 0 Å². The lowest BCUT2D eigenvalue weighted by Gasteiger charge is -2.44. The van der Waals surface area contributed by atoms with Crippen molar-refractivity contribution in [1.82, 2.24) is 4.98 Å². The highest BCUT2D eigenvalue weighted by molar-refractivity contribution is 8.02. The Kier molecular flexibility index (Phi) is 2.31. The average molecular weight is 209 g/mol. The van der Waals surface area contributed by atoms with Crippen molar-refractivity contribution in [1.29, 1.82) is 0 Å². The van der Waals surface area contributed by atoms with Crippen molar-refractivity contribution in [2.45, 2.75) is 24.6 Å². The van der Waals surface area contributed by atoms with Crippen LogP contribution in [0, 0.1) is 0 Å². The Bertz CT molecular complexity index is 338. The summed E-state index contributed by atoms with van der Waals surface area (Å²) >= 11 is 1.96. The van der Waals surface area contributed by atoms with Gasteiger partial charge < -0.3 is 11.1 Å². The first-order valence-electron chi connectivity index (χ1n) is 4.70. The van der Waals surface area contributed by atoms with Crippen molar-refractivity contribution >= 4 is 23.3 Å². The lowest BCUT2D eigenvalue weighted by atomic mass is 10.0. The van der Waals surface area contributed by atoms with Crippen molar-refractivity contribution in [3.05, 3.63) is 18.3 Å². The second-order valence-corrected chi connectivity index (χ2v) is 5.73. The first-order valence-corrected chi connectivity index (χ1v) is 5.69. The summed E-state index contributed by atoms with van der Waals surface area (Å²) in [5.74, 6) is 1.94. The number of hydrogen-bond donors (Lipinski definition) is 2. The van der Waals surface area contributed by atoms with E-state index >= 15 is 0 Å². The van der Waals surface area contributed by atoms with Crippen LogP contribution in [0.1, 0.15) is 13.8 Å². The molecule has 1 aliphatic heterocycles. The number of nitrogens with two attached hydrogens (primary N) is 1. The minimum absolute atomic E-state index is 0.296.